The predicted molar refractivity (Wildman–Crippen MR) is 125 cm³/mol. The van der Waals surface area contributed by atoms with Gasteiger partial charge in [-0.1, -0.05) is 30.3 Å². The van der Waals surface area contributed by atoms with E-state index in [-0.39, 0.29) is 5.91 Å². The maximum atomic E-state index is 12.8. The summed E-state index contributed by atoms with van der Waals surface area (Å²) in [5, 5.41) is 0. The van der Waals surface area contributed by atoms with E-state index < -0.39 is 0 Å². The lowest BCUT2D eigenvalue weighted by Crippen LogP contribution is -2.38. The number of imidazole rings is 1. The Morgan fingerprint density at radius 3 is 2.53 bits per heavy atom. The van der Waals surface area contributed by atoms with Crippen LogP contribution >= 0.6 is 0 Å². The van der Waals surface area contributed by atoms with E-state index in [1.54, 1.807) is 12.4 Å². The first-order valence-corrected chi connectivity index (χ1v) is 11.2. The minimum absolute atomic E-state index is 0.0582. The summed E-state index contributed by atoms with van der Waals surface area (Å²) in [6.07, 6.45) is 7.05. The third kappa shape index (κ3) is 3.77. The van der Waals surface area contributed by atoms with Crippen molar-refractivity contribution in [3.8, 4) is 11.3 Å². The molecule has 4 heterocycles. The predicted octanol–water partition coefficient (Wildman–Crippen LogP) is 5.09. The highest BCUT2D eigenvalue weighted by molar-refractivity contribution is 5.94. The number of benzene rings is 1. The number of aromatic nitrogens is 4. The highest BCUT2D eigenvalue weighted by Gasteiger charge is 2.27. The molecule has 0 aliphatic carbocycles. The van der Waals surface area contributed by atoms with Gasteiger partial charge in [0.1, 0.15) is 5.52 Å². The fourth-order valence-corrected chi connectivity index (χ4v) is 4.52. The molecule has 5 rings (SSSR count). The smallest absolute Gasteiger partial charge is 0.255 e. The lowest BCUT2D eigenvalue weighted by Gasteiger charge is -2.32. The molecule has 0 saturated carbocycles. The van der Waals surface area contributed by atoms with Gasteiger partial charge in [0.25, 0.3) is 5.91 Å². The van der Waals surface area contributed by atoms with Crippen LogP contribution in [0, 0.1) is 0 Å². The molecular formula is C26H27N5O. The average Bonchev–Trinajstić information content (AvgIpc) is 3.29. The number of rotatable bonds is 4. The zero-order valence-electron chi connectivity index (χ0n) is 18.5. The first-order chi connectivity index (χ1) is 15.6. The van der Waals surface area contributed by atoms with Crippen molar-refractivity contribution in [3.63, 3.8) is 0 Å². The summed E-state index contributed by atoms with van der Waals surface area (Å²) >= 11 is 0. The van der Waals surface area contributed by atoms with Gasteiger partial charge < -0.3 is 9.47 Å². The van der Waals surface area contributed by atoms with Crippen molar-refractivity contribution in [1.82, 2.24) is 24.4 Å². The Kier molecular flexibility index (Phi) is 5.43. The third-order valence-electron chi connectivity index (χ3n) is 6.29. The molecule has 1 aliphatic rings. The number of piperidine rings is 1. The zero-order chi connectivity index (χ0) is 22.1. The molecule has 0 spiro atoms. The highest BCUT2D eigenvalue weighted by atomic mass is 16.2. The van der Waals surface area contributed by atoms with Crippen LogP contribution in [-0.4, -0.2) is 43.4 Å². The molecule has 0 radical (unpaired) electrons. The van der Waals surface area contributed by atoms with Crippen molar-refractivity contribution >= 4 is 16.9 Å². The largest absolute Gasteiger partial charge is 0.339 e. The lowest BCUT2D eigenvalue weighted by atomic mass is 9.92. The fourth-order valence-electron chi connectivity index (χ4n) is 4.52. The van der Waals surface area contributed by atoms with Crippen LogP contribution in [-0.2, 0) is 0 Å². The summed E-state index contributed by atoms with van der Waals surface area (Å²) in [5.74, 6) is 0.373. The molecule has 1 saturated heterocycles. The molecule has 6 nitrogen and oxygen atoms in total. The minimum Gasteiger partial charge on any atom is -0.339 e. The van der Waals surface area contributed by atoms with Crippen molar-refractivity contribution in [1.29, 1.82) is 0 Å². The van der Waals surface area contributed by atoms with Gasteiger partial charge in [0.2, 0.25) is 0 Å². The summed E-state index contributed by atoms with van der Waals surface area (Å²) in [6, 6.07) is 16.4. The number of pyridine rings is 2. The van der Waals surface area contributed by atoms with Crippen LogP contribution in [0.1, 0.15) is 54.7 Å². The first-order valence-electron chi connectivity index (χ1n) is 11.2. The van der Waals surface area contributed by atoms with Crippen molar-refractivity contribution in [2.75, 3.05) is 13.1 Å². The third-order valence-corrected chi connectivity index (χ3v) is 6.29. The monoisotopic (exact) mass is 425 g/mol. The molecule has 0 bridgehead atoms. The Balaban J connectivity index is 1.46. The maximum absolute atomic E-state index is 12.8. The summed E-state index contributed by atoms with van der Waals surface area (Å²) in [7, 11) is 0. The van der Waals surface area contributed by atoms with Gasteiger partial charge in [-0.25, -0.2) is 4.98 Å². The van der Waals surface area contributed by atoms with Gasteiger partial charge in [0.05, 0.1) is 23.1 Å². The zero-order valence-corrected chi connectivity index (χ0v) is 18.5. The quantitative estimate of drug-likeness (QED) is 0.457. The number of likely N-dealkylation sites (tertiary alicyclic amines) is 1. The molecule has 1 amide bonds. The Morgan fingerprint density at radius 1 is 1.06 bits per heavy atom. The molecule has 0 atom stereocenters. The molecule has 0 N–H and O–H groups in total. The number of hydrogen-bond donors (Lipinski definition) is 0. The van der Waals surface area contributed by atoms with Crippen molar-refractivity contribution in [3.05, 3.63) is 78.5 Å². The molecule has 1 fully saturated rings. The Morgan fingerprint density at radius 2 is 1.84 bits per heavy atom. The lowest BCUT2D eigenvalue weighted by molar-refractivity contribution is 0.0711. The van der Waals surface area contributed by atoms with E-state index in [2.05, 4.69) is 41.6 Å². The molecule has 1 aliphatic heterocycles. The SMILES string of the molecule is CC(C)n1cnc2c(-c3ccccc3)nc(C3CCN(C(=O)c4cccnc4)CC3)cc21. The first kappa shape index (κ1) is 20.4. The highest BCUT2D eigenvalue weighted by Crippen LogP contribution is 2.34. The van der Waals surface area contributed by atoms with Gasteiger partial charge in [0.15, 0.2) is 0 Å². The second-order valence-electron chi connectivity index (χ2n) is 8.68. The van der Waals surface area contributed by atoms with Gasteiger partial charge >= 0.3 is 0 Å². The van der Waals surface area contributed by atoms with Crippen molar-refractivity contribution in [2.45, 2.75) is 38.6 Å². The van der Waals surface area contributed by atoms with E-state index in [1.807, 2.05) is 41.6 Å². The summed E-state index contributed by atoms with van der Waals surface area (Å²) in [4.78, 5) is 28.6. The number of carbonyl (C=O) groups is 1. The summed E-state index contributed by atoms with van der Waals surface area (Å²) in [6.45, 7) is 5.79. The van der Waals surface area contributed by atoms with E-state index in [1.165, 1.54) is 0 Å². The fraction of sp³-hybridized carbons (Fsp3) is 0.308. The summed E-state index contributed by atoms with van der Waals surface area (Å²) < 4.78 is 2.22. The molecule has 1 aromatic carbocycles. The minimum atomic E-state index is 0.0582. The van der Waals surface area contributed by atoms with Crippen LogP contribution in [0.2, 0.25) is 0 Å². The molecule has 162 valence electrons. The van der Waals surface area contributed by atoms with Gasteiger partial charge in [0, 0.05) is 48.7 Å². The normalized spacial score (nSPS) is 14.9. The number of fused-ring (bicyclic) bond motifs is 1. The number of carbonyl (C=O) groups excluding carboxylic acids is 1. The molecule has 4 aromatic rings. The van der Waals surface area contributed by atoms with Crippen molar-refractivity contribution < 1.29 is 4.79 Å². The van der Waals surface area contributed by atoms with E-state index >= 15 is 0 Å². The second kappa shape index (κ2) is 8.54. The topological polar surface area (TPSA) is 63.9 Å². The Labute approximate surface area is 188 Å². The molecule has 0 unspecified atom stereocenters. The maximum Gasteiger partial charge on any atom is 0.255 e. The number of hydrogen-bond acceptors (Lipinski definition) is 4. The Bertz CT molecular complexity index is 1230. The van der Waals surface area contributed by atoms with Gasteiger partial charge in [-0.15, -0.1) is 0 Å². The molecule has 3 aromatic heterocycles. The standard InChI is InChI=1S/C26H27N5O/c1-18(2)31-17-28-25-23(31)15-22(29-24(25)20-7-4-3-5-8-20)19-10-13-30(14-11-19)26(32)21-9-6-12-27-16-21/h3-9,12,15-19H,10-11,13-14H2,1-2H3. The van der Waals surface area contributed by atoms with Crippen LogP contribution in [0.15, 0.2) is 67.3 Å². The van der Waals surface area contributed by atoms with Crippen LogP contribution in [0.25, 0.3) is 22.3 Å². The van der Waals surface area contributed by atoms with E-state index in [0.717, 1.165) is 53.9 Å². The number of nitrogens with zero attached hydrogens (tertiary/aromatic N) is 5. The van der Waals surface area contributed by atoms with Crippen LogP contribution in [0.4, 0.5) is 0 Å². The van der Waals surface area contributed by atoms with E-state index in [4.69, 9.17) is 9.97 Å². The van der Waals surface area contributed by atoms with Crippen LogP contribution < -0.4 is 0 Å². The van der Waals surface area contributed by atoms with E-state index in [9.17, 15) is 4.79 Å². The van der Waals surface area contributed by atoms with Gasteiger partial charge in [-0.05, 0) is 44.9 Å². The average molecular weight is 426 g/mol. The second-order valence-corrected chi connectivity index (χ2v) is 8.68. The van der Waals surface area contributed by atoms with Gasteiger partial charge in [-0.2, -0.15) is 0 Å². The number of amides is 1. The summed E-state index contributed by atoms with van der Waals surface area (Å²) in [5.41, 5.74) is 5.82. The Hall–Kier alpha value is -3.54. The molecular weight excluding hydrogens is 398 g/mol. The van der Waals surface area contributed by atoms with Crippen LogP contribution in [0.3, 0.4) is 0 Å². The molecule has 6 heteroatoms. The van der Waals surface area contributed by atoms with Gasteiger partial charge in [-0.3, -0.25) is 14.8 Å². The van der Waals surface area contributed by atoms with Crippen LogP contribution in [0.5, 0.6) is 0 Å². The molecule has 32 heavy (non-hydrogen) atoms. The van der Waals surface area contributed by atoms with Crippen molar-refractivity contribution in [2.24, 2.45) is 0 Å². The van der Waals surface area contributed by atoms with E-state index in [0.29, 0.717) is 17.5 Å².